The van der Waals surface area contributed by atoms with Crippen LogP contribution >= 0.6 is 0 Å². The van der Waals surface area contributed by atoms with Crippen molar-refractivity contribution in [3.8, 4) is 0 Å². The first-order valence-electron chi connectivity index (χ1n) is 6.57. The van der Waals surface area contributed by atoms with Crippen LogP contribution in [0.2, 0.25) is 0 Å². The van der Waals surface area contributed by atoms with Crippen molar-refractivity contribution in [3.05, 3.63) is 30.3 Å². The quantitative estimate of drug-likeness (QED) is 0.728. The fraction of sp³-hybridized carbons (Fsp3) is 0.533. The third-order valence-electron chi connectivity index (χ3n) is 2.52. The molecule has 3 N–H and O–H groups in total. The lowest BCUT2D eigenvalue weighted by Gasteiger charge is -2.33. The van der Waals surface area contributed by atoms with E-state index in [1.54, 1.807) is 0 Å². The van der Waals surface area contributed by atoms with E-state index < -0.39 is 0 Å². The van der Waals surface area contributed by atoms with Gasteiger partial charge in [-0.2, -0.15) is 0 Å². The molecule has 1 aromatic carbocycles. The molecule has 0 aliphatic heterocycles. The minimum Gasteiger partial charge on any atom is -0.332 e. The molecule has 0 saturated heterocycles. The number of urea groups is 1. The molecule has 0 aliphatic carbocycles. The van der Waals surface area contributed by atoms with Gasteiger partial charge in [0.2, 0.25) is 0 Å². The van der Waals surface area contributed by atoms with Crippen LogP contribution in [0.3, 0.4) is 0 Å². The molecular weight excluding hydrogens is 238 g/mol. The van der Waals surface area contributed by atoms with E-state index in [9.17, 15) is 4.79 Å². The number of hydrogen-bond acceptors (Lipinski definition) is 2. The summed E-state index contributed by atoms with van der Waals surface area (Å²) < 4.78 is 0. The molecule has 1 aromatic rings. The van der Waals surface area contributed by atoms with Gasteiger partial charge < -0.3 is 5.32 Å². The van der Waals surface area contributed by atoms with Crippen molar-refractivity contribution in [2.75, 3.05) is 5.43 Å². The summed E-state index contributed by atoms with van der Waals surface area (Å²) in [7, 11) is 0. The molecular formula is C15H25N3O. The van der Waals surface area contributed by atoms with Crippen LogP contribution in [-0.2, 0) is 0 Å². The number of para-hydroxylation sites is 1. The van der Waals surface area contributed by atoms with Crippen LogP contribution in [0.1, 0.15) is 41.0 Å². The summed E-state index contributed by atoms with van der Waals surface area (Å²) in [4.78, 5) is 11.8. The maximum absolute atomic E-state index is 11.8. The highest BCUT2D eigenvalue weighted by Crippen LogP contribution is 2.26. The number of carbonyl (C=O) groups excluding carboxylic acids is 1. The smallest absolute Gasteiger partial charge is 0.332 e. The Morgan fingerprint density at radius 3 is 2.16 bits per heavy atom. The van der Waals surface area contributed by atoms with Gasteiger partial charge in [0.25, 0.3) is 0 Å². The van der Waals surface area contributed by atoms with E-state index >= 15 is 0 Å². The van der Waals surface area contributed by atoms with Crippen molar-refractivity contribution in [3.63, 3.8) is 0 Å². The molecule has 0 unspecified atom stereocenters. The average molecular weight is 263 g/mol. The first-order valence-corrected chi connectivity index (χ1v) is 6.57. The summed E-state index contributed by atoms with van der Waals surface area (Å²) in [6.45, 7) is 10.5. The van der Waals surface area contributed by atoms with Crippen molar-refractivity contribution < 1.29 is 4.79 Å². The lowest BCUT2D eigenvalue weighted by molar-refractivity contribution is 0.212. The molecule has 0 atom stereocenters. The third-order valence-corrected chi connectivity index (χ3v) is 2.52. The maximum atomic E-state index is 11.8. The highest BCUT2D eigenvalue weighted by molar-refractivity contribution is 5.76. The van der Waals surface area contributed by atoms with Gasteiger partial charge in [-0.15, -0.1) is 0 Å². The Balaban J connectivity index is 2.43. The molecule has 0 aromatic heterocycles. The van der Waals surface area contributed by atoms with Crippen LogP contribution < -0.4 is 16.2 Å². The van der Waals surface area contributed by atoms with Crippen LogP contribution in [0.4, 0.5) is 10.5 Å². The number of anilines is 1. The molecule has 0 radical (unpaired) electrons. The predicted molar refractivity (Wildman–Crippen MR) is 79.9 cm³/mol. The van der Waals surface area contributed by atoms with Gasteiger partial charge in [0.05, 0.1) is 5.69 Å². The van der Waals surface area contributed by atoms with E-state index in [-0.39, 0.29) is 17.0 Å². The van der Waals surface area contributed by atoms with Crippen molar-refractivity contribution in [2.45, 2.75) is 46.6 Å². The standard InChI is InChI=1S/C15H25N3O/c1-14(2,3)11-15(4,5)16-13(19)18-17-12-9-7-6-8-10-12/h6-10,17H,11H2,1-5H3,(H2,16,18,19). The van der Waals surface area contributed by atoms with Gasteiger partial charge in [-0.1, -0.05) is 39.0 Å². The number of amides is 2. The SMILES string of the molecule is CC(C)(C)CC(C)(C)NC(=O)NNc1ccccc1. The third kappa shape index (κ3) is 6.70. The molecule has 0 saturated carbocycles. The summed E-state index contributed by atoms with van der Waals surface area (Å²) in [6, 6.07) is 9.30. The minimum atomic E-state index is -0.249. The summed E-state index contributed by atoms with van der Waals surface area (Å²) in [5.41, 5.74) is 6.28. The Kier molecular flexibility index (Phi) is 4.81. The molecule has 19 heavy (non-hydrogen) atoms. The zero-order valence-electron chi connectivity index (χ0n) is 12.5. The Hall–Kier alpha value is -1.71. The van der Waals surface area contributed by atoms with E-state index in [2.05, 4.69) is 36.9 Å². The maximum Gasteiger partial charge on any atom is 0.333 e. The number of nitrogens with one attached hydrogen (secondary N) is 3. The first-order chi connectivity index (χ1) is 8.68. The lowest BCUT2D eigenvalue weighted by atomic mass is 9.82. The lowest BCUT2D eigenvalue weighted by Crippen LogP contribution is -2.51. The molecule has 0 aliphatic rings. The Morgan fingerprint density at radius 1 is 1.05 bits per heavy atom. The Labute approximate surface area is 115 Å². The van der Waals surface area contributed by atoms with Crippen molar-refractivity contribution in [1.82, 2.24) is 10.7 Å². The summed E-state index contributed by atoms with van der Waals surface area (Å²) >= 11 is 0. The minimum absolute atomic E-state index is 0.170. The Morgan fingerprint density at radius 2 is 1.63 bits per heavy atom. The zero-order valence-corrected chi connectivity index (χ0v) is 12.5. The van der Waals surface area contributed by atoms with E-state index in [4.69, 9.17) is 0 Å². The topological polar surface area (TPSA) is 53.2 Å². The number of benzene rings is 1. The fourth-order valence-electron chi connectivity index (χ4n) is 2.36. The molecule has 0 fully saturated rings. The largest absolute Gasteiger partial charge is 0.333 e. The molecule has 0 heterocycles. The van der Waals surface area contributed by atoms with Gasteiger partial charge in [-0.3, -0.25) is 10.9 Å². The summed E-state index contributed by atoms with van der Waals surface area (Å²) in [5.74, 6) is 0. The molecule has 0 spiro atoms. The van der Waals surface area contributed by atoms with Gasteiger partial charge in [0.15, 0.2) is 0 Å². The highest BCUT2D eigenvalue weighted by atomic mass is 16.2. The second-order valence-electron chi connectivity index (χ2n) is 6.69. The predicted octanol–water partition coefficient (Wildman–Crippen LogP) is 3.53. The molecule has 2 amide bonds. The second kappa shape index (κ2) is 5.95. The van der Waals surface area contributed by atoms with Gasteiger partial charge >= 0.3 is 6.03 Å². The second-order valence-corrected chi connectivity index (χ2v) is 6.69. The van der Waals surface area contributed by atoms with Gasteiger partial charge in [0.1, 0.15) is 0 Å². The zero-order chi connectivity index (χ0) is 14.5. The number of hydrazine groups is 1. The van der Waals surface area contributed by atoms with E-state index in [0.717, 1.165) is 12.1 Å². The van der Waals surface area contributed by atoms with Gasteiger partial charge in [0, 0.05) is 5.54 Å². The van der Waals surface area contributed by atoms with Crippen LogP contribution in [0.5, 0.6) is 0 Å². The Bertz CT molecular complexity index is 407. The first kappa shape index (κ1) is 15.3. The fourth-order valence-corrected chi connectivity index (χ4v) is 2.36. The summed E-state index contributed by atoms with van der Waals surface area (Å²) in [5, 5.41) is 2.97. The van der Waals surface area contributed by atoms with Crippen LogP contribution in [0, 0.1) is 5.41 Å². The highest BCUT2D eigenvalue weighted by Gasteiger charge is 2.26. The normalized spacial score (nSPS) is 11.8. The molecule has 1 rings (SSSR count). The molecule has 0 bridgehead atoms. The van der Waals surface area contributed by atoms with Gasteiger partial charge in [-0.05, 0) is 37.8 Å². The van der Waals surface area contributed by atoms with Gasteiger partial charge in [-0.25, -0.2) is 4.79 Å². The van der Waals surface area contributed by atoms with E-state index in [0.29, 0.717) is 0 Å². The number of carbonyl (C=O) groups is 1. The molecule has 4 nitrogen and oxygen atoms in total. The van der Waals surface area contributed by atoms with Crippen molar-refractivity contribution in [2.24, 2.45) is 5.41 Å². The molecule has 4 heteroatoms. The van der Waals surface area contributed by atoms with E-state index in [1.807, 2.05) is 44.2 Å². The van der Waals surface area contributed by atoms with Crippen molar-refractivity contribution in [1.29, 1.82) is 0 Å². The summed E-state index contributed by atoms with van der Waals surface area (Å²) in [6.07, 6.45) is 0.902. The number of rotatable bonds is 4. The number of hydrogen-bond donors (Lipinski definition) is 3. The van der Waals surface area contributed by atoms with Crippen molar-refractivity contribution >= 4 is 11.7 Å². The monoisotopic (exact) mass is 263 g/mol. The van der Waals surface area contributed by atoms with Crippen LogP contribution in [0.25, 0.3) is 0 Å². The average Bonchev–Trinajstić information content (AvgIpc) is 2.23. The van der Waals surface area contributed by atoms with Crippen LogP contribution in [0.15, 0.2) is 30.3 Å². The van der Waals surface area contributed by atoms with E-state index in [1.165, 1.54) is 0 Å². The molecule has 106 valence electrons. The van der Waals surface area contributed by atoms with Crippen LogP contribution in [-0.4, -0.2) is 11.6 Å².